The van der Waals surface area contributed by atoms with Gasteiger partial charge in [0.05, 0.1) is 5.56 Å². The van der Waals surface area contributed by atoms with Gasteiger partial charge in [-0.1, -0.05) is 0 Å². The van der Waals surface area contributed by atoms with Crippen LogP contribution in [-0.2, 0) is 4.79 Å². The van der Waals surface area contributed by atoms with E-state index in [1.54, 1.807) is 24.7 Å². The predicted octanol–water partition coefficient (Wildman–Crippen LogP) is 0.187. The quantitative estimate of drug-likeness (QED) is 0.576. The van der Waals surface area contributed by atoms with Crippen molar-refractivity contribution in [2.24, 2.45) is 0 Å². The zero-order valence-electron chi connectivity index (χ0n) is 5.56. The second-order valence-corrected chi connectivity index (χ2v) is 2.04. The van der Waals surface area contributed by atoms with Gasteiger partial charge in [0, 0.05) is 18.6 Å². The highest BCUT2D eigenvalue weighted by molar-refractivity contribution is 5.83. The molecule has 0 fully saturated rings. The molecule has 11 heavy (non-hydrogen) atoms. The summed E-state index contributed by atoms with van der Waals surface area (Å²) < 4.78 is 1.53. The average Bonchev–Trinajstić information content (AvgIpc) is 2.50. The van der Waals surface area contributed by atoms with E-state index in [0.29, 0.717) is 11.2 Å². The van der Waals surface area contributed by atoms with Crippen LogP contribution >= 0.6 is 0 Å². The topological polar surface area (TPSA) is 47.3 Å². The third-order valence-electron chi connectivity index (χ3n) is 1.40. The molecule has 53 valence electrons. The van der Waals surface area contributed by atoms with Crippen molar-refractivity contribution >= 4 is 11.9 Å². The van der Waals surface area contributed by atoms with Gasteiger partial charge < -0.3 is 0 Å². The molecular formula is C7H4N3O. The number of hydrogen-bond donors (Lipinski definition) is 0. The van der Waals surface area contributed by atoms with E-state index in [0.717, 1.165) is 0 Å². The van der Waals surface area contributed by atoms with E-state index in [9.17, 15) is 4.79 Å². The fourth-order valence-electron chi connectivity index (χ4n) is 0.917. The molecule has 0 aromatic carbocycles. The molecule has 4 nitrogen and oxygen atoms in total. The summed E-state index contributed by atoms with van der Waals surface area (Å²) in [6, 6.07) is 1.58. The van der Waals surface area contributed by atoms with Gasteiger partial charge in [0.2, 0.25) is 6.29 Å². The van der Waals surface area contributed by atoms with Gasteiger partial charge in [0.1, 0.15) is 0 Å². The van der Waals surface area contributed by atoms with Gasteiger partial charge in [-0.05, 0) is 6.07 Å². The lowest BCUT2D eigenvalue weighted by atomic mass is 10.3. The minimum Gasteiger partial charge on any atom is -0.285 e. The molecule has 1 radical (unpaired) electrons. The van der Waals surface area contributed by atoms with Crippen molar-refractivity contribution in [3.63, 3.8) is 0 Å². The third kappa shape index (κ3) is 0.797. The SMILES string of the molecule is O=[C]c1ccnn2ccnc12. The van der Waals surface area contributed by atoms with Crippen molar-refractivity contribution in [3.05, 3.63) is 30.2 Å². The smallest absolute Gasteiger partial charge is 0.237 e. The lowest BCUT2D eigenvalue weighted by molar-refractivity contribution is 0.562. The molecule has 0 bridgehead atoms. The molecule has 0 aliphatic rings. The number of rotatable bonds is 1. The van der Waals surface area contributed by atoms with E-state index in [-0.39, 0.29) is 0 Å². The summed E-state index contributed by atoms with van der Waals surface area (Å²) in [5, 5.41) is 3.93. The number of carbonyl (C=O) groups excluding carboxylic acids is 1. The molecule has 0 aliphatic carbocycles. The van der Waals surface area contributed by atoms with Crippen molar-refractivity contribution in [2.45, 2.75) is 0 Å². The van der Waals surface area contributed by atoms with Crippen LogP contribution in [0.4, 0.5) is 0 Å². The average molecular weight is 146 g/mol. The van der Waals surface area contributed by atoms with Crippen LogP contribution in [-0.4, -0.2) is 20.9 Å². The van der Waals surface area contributed by atoms with E-state index >= 15 is 0 Å². The maximum atomic E-state index is 10.3. The molecule has 0 N–H and O–H groups in total. The predicted molar refractivity (Wildman–Crippen MR) is 37.8 cm³/mol. The van der Waals surface area contributed by atoms with E-state index in [2.05, 4.69) is 10.1 Å². The van der Waals surface area contributed by atoms with Crippen LogP contribution in [0.2, 0.25) is 0 Å². The Morgan fingerprint density at radius 3 is 3.18 bits per heavy atom. The largest absolute Gasteiger partial charge is 0.285 e. The maximum absolute atomic E-state index is 10.3. The first-order valence-corrected chi connectivity index (χ1v) is 3.08. The summed E-state index contributed by atoms with van der Waals surface area (Å²) in [7, 11) is 0. The van der Waals surface area contributed by atoms with Crippen LogP contribution in [0.5, 0.6) is 0 Å². The highest BCUT2D eigenvalue weighted by Gasteiger charge is 2.00. The molecule has 0 saturated heterocycles. The van der Waals surface area contributed by atoms with E-state index < -0.39 is 0 Å². The summed E-state index contributed by atoms with van der Waals surface area (Å²) in [6.07, 6.45) is 6.58. The molecule has 0 spiro atoms. The summed E-state index contributed by atoms with van der Waals surface area (Å²) in [4.78, 5) is 14.2. The number of hydrogen-bond acceptors (Lipinski definition) is 3. The Labute approximate surface area is 62.5 Å². The molecule has 2 aromatic heterocycles. The maximum Gasteiger partial charge on any atom is 0.237 e. The van der Waals surface area contributed by atoms with Gasteiger partial charge in [-0.2, -0.15) is 5.10 Å². The fourth-order valence-corrected chi connectivity index (χ4v) is 0.917. The highest BCUT2D eigenvalue weighted by Crippen LogP contribution is 2.02. The van der Waals surface area contributed by atoms with E-state index in [4.69, 9.17) is 0 Å². The minimum atomic E-state index is 0.435. The number of nitrogens with zero attached hydrogens (tertiary/aromatic N) is 3. The van der Waals surface area contributed by atoms with E-state index in [1.807, 2.05) is 0 Å². The number of aromatic nitrogens is 3. The summed E-state index contributed by atoms with van der Waals surface area (Å²) in [5.41, 5.74) is 0.979. The van der Waals surface area contributed by atoms with Gasteiger partial charge in [0.25, 0.3) is 0 Å². The molecule has 2 rings (SSSR count). The molecular weight excluding hydrogens is 142 g/mol. The highest BCUT2D eigenvalue weighted by atomic mass is 16.1. The molecule has 0 atom stereocenters. The third-order valence-corrected chi connectivity index (χ3v) is 1.40. The van der Waals surface area contributed by atoms with Crippen molar-refractivity contribution in [2.75, 3.05) is 0 Å². The van der Waals surface area contributed by atoms with Gasteiger partial charge in [-0.25, -0.2) is 9.50 Å². The van der Waals surface area contributed by atoms with Crippen molar-refractivity contribution in [3.8, 4) is 0 Å². The first-order valence-electron chi connectivity index (χ1n) is 3.08. The normalized spacial score (nSPS) is 10.2. The fraction of sp³-hybridized carbons (Fsp3) is 0. The standard InChI is InChI=1S/C7H4N3O/c11-5-6-1-2-9-10-4-3-8-7(6)10/h1-4H. The Balaban J connectivity index is 2.88. The minimum absolute atomic E-state index is 0.435. The lowest BCUT2D eigenvalue weighted by Gasteiger charge is -1.91. The summed E-state index contributed by atoms with van der Waals surface area (Å²) in [6.45, 7) is 0. The first kappa shape index (κ1) is 6.03. The number of fused-ring (bicyclic) bond motifs is 1. The van der Waals surface area contributed by atoms with Crippen LogP contribution in [0.15, 0.2) is 24.7 Å². The Kier molecular flexibility index (Phi) is 1.18. The van der Waals surface area contributed by atoms with Crippen molar-refractivity contribution < 1.29 is 4.79 Å². The summed E-state index contributed by atoms with van der Waals surface area (Å²) >= 11 is 0. The molecule has 4 heteroatoms. The number of imidazole rings is 1. The molecule has 0 unspecified atom stereocenters. The zero-order chi connectivity index (χ0) is 7.68. The van der Waals surface area contributed by atoms with Crippen LogP contribution in [0.25, 0.3) is 5.65 Å². The van der Waals surface area contributed by atoms with Crippen LogP contribution in [0.3, 0.4) is 0 Å². The molecule has 2 heterocycles. The van der Waals surface area contributed by atoms with Gasteiger partial charge in [-0.3, -0.25) is 4.79 Å². The van der Waals surface area contributed by atoms with Crippen LogP contribution < -0.4 is 0 Å². The van der Waals surface area contributed by atoms with Crippen molar-refractivity contribution in [1.29, 1.82) is 0 Å². The van der Waals surface area contributed by atoms with Gasteiger partial charge >= 0.3 is 0 Å². The van der Waals surface area contributed by atoms with Crippen molar-refractivity contribution in [1.82, 2.24) is 14.6 Å². The zero-order valence-corrected chi connectivity index (χ0v) is 5.56. The second kappa shape index (κ2) is 2.16. The van der Waals surface area contributed by atoms with Gasteiger partial charge in [0.15, 0.2) is 5.65 Å². The van der Waals surface area contributed by atoms with Crippen LogP contribution in [0, 0.1) is 0 Å². The lowest BCUT2D eigenvalue weighted by Crippen LogP contribution is -1.93. The van der Waals surface area contributed by atoms with E-state index in [1.165, 1.54) is 10.7 Å². The molecule has 0 aliphatic heterocycles. The monoisotopic (exact) mass is 146 g/mol. The summed E-state index contributed by atoms with van der Waals surface area (Å²) in [5.74, 6) is 0. The first-order chi connectivity index (χ1) is 5.42. The second-order valence-electron chi connectivity index (χ2n) is 2.04. The van der Waals surface area contributed by atoms with Crippen LogP contribution in [0.1, 0.15) is 5.56 Å². The Hall–Kier alpha value is -1.71. The van der Waals surface area contributed by atoms with Gasteiger partial charge in [-0.15, -0.1) is 0 Å². The Morgan fingerprint density at radius 2 is 2.36 bits per heavy atom. The Bertz CT molecular complexity index is 393. The Morgan fingerprint density at radius 1 is 1.45 bits per heavy atom. The molecule has 2 aromatic rings. The molecule has 0 amide bonds. The molecule has 0 saturated carbocycles.